The van der Waals surface area contributed by atoms with E-state index in [0.717, 1.165) is 16.7 Å². The molecule has 0 bridgehead atoms. The summed E-state index contributed by atoms with van der Waals surface area (Å²) < 4.78 is 5.37. The lowest BCUT2D eigenvalue weighted by molar-refractivity contribution is -0.136. The van der Waals surface area contributed by atoms with E-state index in [1.165, 1.54) is 6.20 Å². The Kier molecular flexibility index (Phi) is 3.55. The first-order valence-electron chi connectivity index (χ1n) is 5.92. The number of aliphatic carboxylic acids is 1. The van der Waals surface area contributed by atoms with Gasteiger partial charge in [-0.1, -0.05) is 0 Å². The molecule has 0 atom stereocenters. The fourth-order valence-corrected chi connectivity index (χ4v) is 2.00. The number of ether oxygens (including phenoxy) is 1. The molecule has 0 fully saturated rings. The number of carbonyl (C=O) groups is 1. The van der Waals surface area contributed by atoms with E-state index in [0.29, 0.717) is 17.0 Å². The molecule has 0 saturated carbocycles. The number of nitrogens with one attached hydrogen (secondary N) is 1. The second-order valence-corrected chi connectivity index (χ2v) is 4.48. The minimum Gasteiger partial charge on any atom is -0.496 e. The van der Waals surface area contributed by atoms with Crippen LogP contribution < -0.4 is 4.74 Å². The minimum absolute atomic E-state index is 0.0675. The molecule has 0 aliphatic heterocycles. The molecule has 5 heteroatoms. The number of nitrogens with zero attached hydrogens (tertiary/aromatic N) is 1. The van der Waals surface area contributed by atoms with E-state index in [-0.39, 0.29) is 6.42 Å². The van der Waals surface area contributed by atoms with Crippen LogP contribution in [0.2, 0.25) is 0 Å². The molecule has 19 heavy (non-hydrogen) atoms. The van der Waals surface area contributed by atoms with Crippen LogP contribution in [0.5, 0.6) is 5.75 Å². The van der Waals surface area contributed by atoms with E-state index < -0.39 is 5.97 Å². The molecule has 0 aliphatic carbocycles. The highest BCUT2D eigenvalue weighted by molar-refractivity contribution is 5.77. The summed E-state index contributed by atoms with van der Waals surface area (Å²) in [5, 5.41) is 15.7. The van der Waals surface area contributed by atoms with Gasteiger partial charge in [0.05, 0.1) is 25.4 Å². The third kappa shape index (κ3) is 2.59. The van der Waals surface area contributed by atoms with Gasteiger partial charge in [-0.25, -0.2) is 0 Å². The summed E-state index contributed by atoms with van der Waals surface area (Å²) in [6.45, 7) is 4.01. The maximum absolute atomic E-state index is 10.9. The predicted molar refractivity (Wildman–Crippen MR) is 71.4 cm³/mol. The Labute approximate surface area is 111 Å². The number of methoxy groups -OCH3 is 1. The number of aryl methyl sites for hydroxylation is 2. The van der Waals surface area contributed by atoms with Gasteiger partial charge in [-0.15, -0.1) is 0 Å². The van der Waals surface area contributed by atoms with Gasteiger partial charge in [0.25, 0.3) is 0 Å². The van der Waals surface area contributed by atoms with Crippen LogP contribution >= 0.6 is 0 Å². The van der Waals surface area contributed by atoms with Crippen molar-refractivity contribution >= 4 is 5.97 Å². The monoisotopic (exact) mass is 260 g/mol. The summed E-state index contributed by atoms with van der Waals surface area (Å²) in [6.07, 6.45) is 1.47. The first-order chi connectivity index (χ1) is 9.02. The molecular weight excluding hydrogens is 244 g/mol. The van der Waals surface area contributed by atoms with E-state index in [1.54, 1.807) is 7.11 Å². The molecule has 2 aromatic rings. The van der Waals surface area contributed by atoms with Crippen LogP contribution in [0.1, 0.15) is 16.7 Å². The molecule has 0 aliphatic rings. The maximum Gasteiger partial charge on any atom is 0.307 e. The molecule has 1 heterocycles. The number of carboxylic acid groups (broad SMARTS) is 1. The van der Waals surface area contributed by atoms with E-state index in [9.17, 15) is 4.79 Å². The number of hydrogen-bond acceptors (Lipinski definition) is 3. The molecule has 0 radical (unpaired) electrons. The summed E-state index contributed by atoms with van der Waals surface area (Å²) in [6, 6.07) is 3.92. The number of hydrogen-bond donors (Lipinski definition) is 2. The van der Waals surface area contributed by atoms with Crippen molar-refractivity contribution in [2.24, 2.45) is 0 Å². The fraction of sp³-hybridized carbons (Fsp3) is 0.286. The highest BCUT2D eigenvalue weighted by atomic mass is 16.5. The van der Waals surface area contributed by atoms with Crippen LogP contribution in [0.3, 0.4) is 0 Å². The summed E-state index contributed by atoms with van der Waals surface area (Å²) in [5.74, 6) is -0.176. The van der Waals surface area contributed by atoms with Crippen LogP contribution in [-0.4, -0.2) is 28.4 Å². The molecule has 5 nitrogen and oxygen atoms in total. The number of aromatic nitrogens is 2. The number of benzene rings is 1. The van der Waals surface area contributed by atoms with Crippen molar-refractivity contribution in [3.63, 3.8) is 0 Å². The van der Waals surface area contributed by atoms with E-state index in [4.69, 9.17) is 9.84 Å². The van der Waals surface area contributed by atoms with Gasteiger partial charge < -0.3 is 9.84 Å². The minimum atomic E-state index is -0.884. The fourth-order valence-electron chi connectivity index (χ4n) is 2.00. The normalized spacial score (nSPS) is 10.5. The molecule has 0 spiro atoms. The quantitative estimate of drug-likeness (QED) is 0.884. The highest BCUT2D eigenvalue weighted by Gasteiger charge is 2.15. The SMILES string of the molecule is COc1cc(C)c(C)cc1-c1[nH]ncc1CC(=O)O. The number of rotatable bonds is 4. The van der Waals surface area contributed by atoms with E-state index in [2.05, 4.69) is 10.2 Å². The average Bonchev–Trinajstić information content (AvgIpc) is 2.79. The first kappa shape index (κ1) is 13.1. The van der Waals surface area contributed by atoms with Gasteiger partial charge in [0, 0.05) is 11.1 Å². The van der Waals surface area contributed by atoms with Crippen molar-refractivity contribution in [2.45, 2.75) is 20.3 Å². The third-order valence-corrected chi connectivity index (χ3v) is 3.14. The zero-order valence-electron chi connectivity index (χ0n) is 11.2. The van der Waals surface area contributed by atoms with Crippen molar-refractivity contribution in [1.29, 1.82) is 0 Å². The second kappa shape index (κ2) is 5.14. The molecule has 1 aromatic heterocycles. The van der Waals surface area contributed by atoms with Crippen molar-refractivity contribution in [3.05, 3.63) is 35.0 Å². The average molecular weight is 260 g/mol. The van der Waals surface area contributed by atoms with E-state index >= 15 is 0 Å². The van der Waals surface area contributed by atoms with Gasteiger partial charge in [0.1, 0.15) is 5.75 Å². The zero-order valence-corrected chi connectivity index (χ0v) is 11.2. The van der Waals surface area contributed by atoms with Crippen LogP contribution in [0.4, 0.5) is 0 Å². The summed E-state index contributed by atoms with van der Waals surface area (Å²) in [7, 11) is 1.60. The standard InChI is InChI=1S/C14H16N2O3/c1-8-4-11(12(19-3)5-9(8)2)14-10(6-13(17)18)7-15-16-14/h4-5,7H,6H2,1-3H3,(H,15,16)(H,17,18). The Bertz CT molecular complexity index is 617. The molecule has 0 amide bonds. The van der Waals surface area contributed by atoms with Gasteiger partial charge in [0.15, 0.2) is 0 Å². The lowest BCUT2D eigenvalue weighted by atomic mass is 10.00. The van der Waals surface area contributed by atoms with Crippen molar-refractivity contribution in [1.82, 2.24) is 10.2 Å². The van der Waals surface area contributed by atoms with Gasteiger partial charge in [-0.05, 0) is 37.1 Å². The number of carboxylic acids is 1. The maximum atomic E-state index is 10.9. The summed E-state index contributed by atoms with van der Waals surface area (Å²) in [5.41, 5.74) is 4.42. The Hall–Kier alpha value is -2.30. The van der Waals surface area contributed by atoms with Crippen LogP contribution in [0, 0.1) is 13.8 Å². The molecule has 0 saturated heterocycles. The van der Waals surface area contributed by atoms with Crippen LogP contribution in [0.25, 0.3) is 11.3 Å². The highest BCUT2D eigenvalue weighted by Crippen LogP contribution is 2.33. The molecular formula is C14H16N2O3. The van der Waals surface area contributed by atoms with Gasteiger partial charge in [-0.3, -0.25) is 9.89 Å². The molecule has 2 N–H and O–H groups in total. The lowest BCUT2D eigenvalue weighted by Crippen LogP contribution is -2.01. The predicted octanol–water partition coefficient (Wildman–Crippen LogP) is 2.33. The first-order valence-corrected chi connectivity index (χ1v) is 5.92. The topological polar surface area (TPSA) is 75.2 Å². The Morgan fingerprint density at radius 2 is 2.05 bits per heavy atom. The smallest absolute Gasteiger partial charge is 0.307 e. The lowest BCUT2D eigenvalue weighted by Gasteiger charge is -2.11. The van der Waals surface area contributed by atoms with Crippen molar-refractivity contribution in [2.75, 3.05) is 7.11 Å². The summed E-state index contributed by atoms with van der Waals surface area (Å²) in [4.78, 5) is 10.9. The molecule has 2 rings (SSSR count). The van der Waals surface area contributed by atoms with Gasteiger partial charge >= 0.3 is 5.97 Å². The van der Waals surface area contributed by atoms with Crippen molar-refractivity contribution < 1.29 is 14.6 Å². The third-order valence-electron chi connectivity index (χ3n) is 3.14. The number of H-pyrrole nitrogens is 1. The molecule has 0 unspecified atom stereocenters. The van der Waals surface area contributed by atoms with Crippen LogP contribution in [0.15, 0.2) is 18.3 Å². The largest absolute Gasteiger partial charge is 0.496 e. The Morgan fingerprint density at radius 1 is 1.37 bits per heavy atom. The second-order valence-electron chi connectivity index (χ2n) is 4.48. The van der Waals surface area contributed by atoms with Crippen molar-refractivity contribution in [3.8, 4) is 17.0 Å². The number of aromatic amines is 1. The zero-order chi connectivity index (χ0) is 14.0. The Morgan fingerprint density at radius 3 is 2.68 bits per heavy atom. The Balaban J connectivity index is 2.55. The van der Waals surface area contributed by atoms with Gasteiger partial charge in [-0.2, -0.15) is 5.10 Å². The van der Waals surface area contributed by atoms with Crippen LogP contribution in [-0.2, 0) is 11.2 Å². The van der Waals surface area contributed by atoms with Gasteiger partial charge in [0.2, 0.25) is 0 Å². The molecule has 1 aromatic carbocycles. The van der Waals surface area contributed by atoms with E-state index in [1.807, 2.05) is 26.0 Å². The summed E-state index contributed by atoms with van der Waals surface area (Å²) >= 11 is 0. The molecule has 100 valence electrons.